The maximum atomic E-state index is 11.3. The molecule has 0 spiro atoms. The fourth-order valence-corrected chi connectivity index (χ4v) is 2.04. The first-order valence-electron chi connectivity index (χ1n) is 6.17. The maximum absolute atomic E-state index is 11.3. The maximum Gasteiger partial charge on any atom is 0.161 e. The standard InChI is InChI=1S/C13H22O2/c1-2-3-4-5-6-9-12(14)11-8-7-10-13(11)15/h8,12,14H,2-7,9-10H2,1H3. The van der Waals surface area contributed by atoms with Gasteiger partial charge in [0.25, 0.3) is 0 Å². The van der Waals surface area contributed by atoms with Crippen LogP contribution in [0.2, 0.25) is 0 Å². The van der Waals surface area contributed by atoms with E-state index in [4.69, 9.17) is 0 Å². The number of rotatable bonds is 7. The van der Waals surface area contributed by atoms with Gasteiger partial charge in [-0.3, -0.25) is 4.79 Å². The third-order valence-corrected chi connectivity index (χ3v) is 3.00. The van der Waals surface area contributed by atoms with Crippen molar-refractivity contribution in [2.75, 3.05) is 0 Å². The van der Waals surface area contributed by atoms with E-state index in [1.165, 1.54) is 25.7 Å². The second-order valence-electron chi connectivity index (χ2n) is 4.34. The van der Waals surface area contributed by atoms with Crippen molar-refractivity contribution in [2.45, 2.75) is 64.4 Å². The molecule has 0 amide bonds. The minimum atomic E-state index is -0.498. The molecule has 1 N–H and O–H groups in total. The molecule has 86 valence electrons. The Morgan fingerprint density at radius 1 is 1.33 bits per heavy atom. The number of carbonyl (C=O) groups excluding carboxylic acids is 1. The van der Waals surface area contributed by atoms with Crippen molar-refractivity contribution in [3.63, 3.8) is 0 Å². The summed E-state index contributed by atoms with van der Waals surface area (Å²) in [5, 5.41) is 9.79. The zero-order valence-electron chi connectivity index (χ0n) is 9.67. The topological polar surface area (TPSA) is 37.3 Å². The highest BCUT2D eigenvalue weighted by Crippen LogP contribution is 2.20. The summed E-state index contributed by atoms with van der Waals surface area (Å²) in [5.74, 6) is 0.149. The fraction of sp³-hybridized carbons (Fsp3) is 0.769. The number of carbonyl (C=O) groups is 1. The van der Waals surface area contributed by atoms with Gasteiger partial charge in [0.15, 0.2) is 5.78 Å². The normalized spacial score (nSPS) is 18.0. The van der Waals surface area contributed by atoms with Crippen LogP contribution in [0, 0.1) is 0 Å². The number of aliphatic hydroxyl groups excluding tert-OH is 1. The van der Waals surface area contributed by atoms with Crippen LogP contribution in [0.5, 0.6) is 0 Å². The van der Waals surface area contributed by atoms with Gasteiger partial charge in [-0.15, -0.1) is 0 Å². The summed E-state index contributed by atoms with van der Waals surface area (Å²) in [6.07, 6.45) is 9.55. The monoisotopic (exact) mass is 210 g/mol. The molecule has 0 aromatic heterocycles. The van der Waals surface area contributed by atoms with Gasteiger partial charge in [0.1, 0.15) is 0 Å². The van der Waals surface area contributed by atoms with Gasteiger partial charge in [0, 0.05) is 12.0 Å². The molecule has 0 aromatic carbocycles. The van der Waals surface area contributed by atoms with Gasteiger partial charge in [-0.05, 0) is 12.8 Å². The van der Waals surface area contributed by atoms with Crippen LogP contribution in [0.25, 0.3) is 0 Å². The van der Waals surface area contributed by atoms with Crippen LogP contribution < -0.4 is 0 Å². The molecule has 0 aliphatic heterocycles. The third kappa shape index (κ3) is 4.17. The first-order chi connectivity index (χ1) is 7.25. The van der Waals surface area contributed by atoms with Gasteiger partial charge < -0.3 is 5.11 Å². The molecule has 1 atom stereocenters. The molecule has 0 heterocycles. The van der Waals surface area contributed by atoms with Gasteiger partial charge in [-0.2, -0.15) is 0 Å². The average molecular weight is 210 g/mol. The molecular formula is C13H22O2. The summed E-state index contributed by atoms with van der Waals surface area (Å²) < 4.78 is 0. The van der Waals surface area contributed by atoms with Gasteiger partial charge in [-0.25, -0.2) is 0 Å². The Kier molecular flexibility index (Phi) is 5.62. The summed E-state index contributed by atoms with van der Waals surface area (Å²) in [5.41, 5.74) is 0.672. The largest absolute Gasteiger partial charge is 0.388 e. The highest BCUT2D eigenvalue weighted by molar-refractivity contribution is 5.98. The van der Waals surface area contributed by atoms with Crippen molar-refractivity contribution < 1.29 is 9.90 Å². The minimum absolute atomic E-state index is 0.149. The average Bonchev–Trinajstić information content (AvgIpc) is 2.64. The predicted octanol–water partition coefficient (Wildman–Crippen LogP) is 3.00. The Bertz CT molecular complexity index is 231. The van der Waals surface area contributed by atoms with Crippen molar-refractivity contribution in [1.82, 2.24) is 0 Å². The van der Waals surface area contributed by atoms with Crippen LogP contribution >= 0.6 is 0 Å². The molecule has 1 aliphatic rings. The van der Waals surface area contributed by atoms with Gasteiger partial charge in [0.2, 0.25) is 0 Å². The van der Waals surface area contributed by atoms with Crippen LogP contribution in [0.4, 0.5) is 0 Å². The molecular weight excluding hydrogens is 188 g/mol. The molecule has 0 bridgehead atoms. The Morgan fingerprint density at radius 2 is 2.07 bits per heavy atom. The molecule has 0 saturated carbocycles. The summed E-state index contributed by atoms with van der Waals surface area (Å²) in [6, 6.07) is 0. The number of allylic oxidation sites excluding steroid dienone is 1. The van der Waals surface area contributed by atoms with E-state index in [-0.39, 0.29) is 5.78 Å². The number of unbranched alkanes of at least 4 members (excludes halogenated alkanes) is 4. The van der Waals surface area contributed by atoms with Crippen LogP contribution in [0.15, 0.2) is 11.6 Å². The number of aliphatic hydroxyl groups is 1. The lowest BCUT2D eigenvalue weighted by Gasteiger charge is -2.10. The highest BCUT2D eigenvalue weighted by Gasteiger charge is 2.21. The third-order valence-electron chi connectivity index (χ3n) is 3.00. The summed E-state index contributed by atoms with van der Waals surface area (Å²) >= 11 is 0. The van der Waals surface area contributed by atoms with Crippen LogP contribution in [-0.4, -0.2) is 17.0 Å². The highest BCUT2D eigenvalue weighted by atomic mass is 16.3. The Balaban J connectivity index is 2.13. The van der Waals surface area contributed by atoms with E-state index in [1.54, 1.807) is 0 Å². The molecule has 2 heteroatoms. The lowest BCUT2D eigenvalue weighted by Crippen LogP contribution is -2.14. The Labute approximate surface area is 92.4 Å². The zero-order valence-corrected chi connectivity index (χ0v) is 9.67. The first kappa shape index (κ1) is 12.4. The second-order valence-corrected chi connectivity index (χ2v) is 4.34. The van der Waals surface area contributed by atoms with Gasteiger partial charge >= 0.3 is 0 Å². The molecule has 2 nitrogen and oxygen atoms in total. The van der Waals surface area contributed by atoms with Crippen LogP contribution in [0.1, 0.15) is 58.3 Å². The van der Waals surface area contributed by atoms with Crippen molar-refractivity contribution in [1.29, 1.82) is 0 Å². The predicted molar refractivity (Wildman–Crippen MR) is 61.7 cm³/mol. The molecule has 1 aliphatic carbocycles. The van der Waals surface area contributed by atoms with Crippen molar-refractivity contribution in [3.8, 4) is 0 Å². The van der Waals surface area contributed by atoms with E-state index < -0.39 is 6.10 Å². The van der Waals surface area contributed by atoms with E-state index in [1.807, 2.05) is 6.08 Å². The molecule has 1 rings (SSSR count). The van der Waals surface area contributed by atoms with Crippen molar-refractivity contribution >= 4 is 5.78 Å². The Hall–Kier alpha value is -0.630. The first-order valence-corrected chi connectivity index (χ1v) is 6.17. The number of ketones is 1. The zero-order chi connectivity index (χ0) is 11.1. The quantitative estimate of drug-likeness (QED) is 0.656. The minimum Gasteiger partial charge on any atom is -0.388 e. The molecule has 0 aromatic rings. The number of hydrogen-bond acceptors (Lipinski definition) is 2. The molecule has 0 radical (unpaired) electrons. The van der Waals surface area contributed by atoms with Crippen molar-refractivity contribution in [3.05, 3.63) is 11.6 Å². The van der Waals surface area contributed by atoms with E-state index in [0.717, 1.165) is 19.3 Å². The second kappa shape index (κ2) is 6.78. The van der Waals surface area contributed by atoms with E-state index in [0.29, 0.717) is 12.0 Å². The fourth-order valence-electron chi connectivity index (χ4n) is 2.04. The van der Waals surface area contributed by atoms with E-state index >= 15 is 0 Å². The lowest BCUT2D eigenvalue weighted by atomic mass is 10.0. The molecule has 0 fully saturated rings. The summed E-state index contributed by atoms with van der Waals surface area (Å²) in [7, 11) is 0. The van der Waals surface area contributed by atoms with Crippen molar-refractivity contribution in [2.24, 2.45) is 0 Å². The van der Waals surface area contributed by atoms with Crippen LogP contribution in [0.3, 0.4) is 0 Å². The molecule has 1 unspecified atom stereocenters. The lowest BCUT2D eigenvalue weighted by molar-refractivity contribution is -0.115. The summed E-state index contributed by atoms with van der Waals surface area (Å²) in [6.45, 7) is 2.19. The SMILES string of the molecule is CCCCCCCC(O)C1=CCCC1=O. The molecule has 15 heavy (non-hydrogen) atoms. The van der Waals surface area contributed by atoms with Gasteiger partial charge in [0.05, 0.1) is 6.10 Å². The molecule has 0 saturated heterocycles. The van der Waals surface area contributed by atoms with E-state index in [2.05, 4.69) is 6.92 Å². The van der Waals surface area contributed by atoms with Gasteiger partial charge in [-0.1, -0.05) is 45.1 Å². The number of hydrogen-bond donors (Lipinski definition) is 1. The smallest absolute Gasteiger partial charge is 0.161 e. The van der Waals surface area contributed by atoms with Crippen LogP contribution in [-0.2, 0) is 4.79 Å². The van der Waals surface area contributed by atoms with E-state index in [9.17, 15) is 9.90 Å². The Morgan fingerprint density at radius 3 is 2.67 bits per heavy atom. The number of Topliss-reactive ketones (excluding diaryl/α,β-unsaturated/α-hetero) is 1. The summed E-state index contributed by atoms with van der Waals surface area (Å²) in [4.78, 5) is 11.3.